The van der Waals surface area contributed by atoms with Gasteiger partial charge in [0.25, 0.3) is 0 Å². The third-order valence-corrected chi connectivity index (χ3v) is 2.68. The van der Waals surface area contributed by atoms with Crippen LogP contribution >= 0.6 is 9.90 Å². The SMILES string of the molecule is CC[N+](CC)(CC)CC.[OH-].[OH-].[PH4+]. The fourth-order valence-corrected chi connectivity index (χ4v) is 1.34. The van der Waals surface area contributed by atoms with Crippen molar-refractivity contribution in [3.05, 3.63) is 0 Å². The Hall–Kier alpha value is 0.310. The molecule has 0 aromatic heterocycles. The first-order valence-electron chi connectivity index (χ1n) is 4.09. The van der Waals surface area contributed by atoms with E-state index in [9.17, 15) is 0 Å². The van der Waals surface area contributed by atoms with E-state index in [1.165, 1.54) is 30.7 Å². The lowest BCUT2D eigenvalue weighted by molar-refractivity contribution is -0.921. The summed E-state index contributed by atoms with van der Waals surface area (Å²) in [5.41, 5.74) is 0. The van der Waals surface area contributed by atoms with Crippen molar-refractivity contribution in [2.75, 3.05) is 26.2 Å². The number of nitrogens with zero attached hydrogens (tertiary/aromatic N) is 1. The van der Waals surface area contributed by atoms with E-state index >= 15 is 0 Å². The zero-order valence-corrected chi connectivity index (χ0v) is 11.2. The molecule has 3 nitrogen and oxygen atoms in total. The number of hydrogen-bond donors (Lipinski definition) is 0. The Bertz CT molecular complexity index is 59.9. The summed E-state index contributed by atoms with van der Waals surface area (Å²) in [6.45, 7) is 14.2. The summed E-state index contributed by atoms with van der Waals surface area (Å²) >= 11 is 0. The Morgan fingerprint density at radius 2 is 0.833 bits per heavy atom. The summed E-state index contributed by atoms with van der Waals surface area (Å²) in [6.07, 6.45) is 0. The molecule has 80 valence electrons. The van der Waals surface area contributed by atoms with E-state index in [2.05, 4.69) is 27.7 Å². The minimum atomic E-state index is 0. The Balaban J connectivity index is -0.000000107. The molecular formula is C8H26NO2P. The standard InChI is InChI=1S/C8H20N.2H2O.H3P/c1-5-9(6-2,7-3)8-4;;;/h5-8H2,1-4H3;2*1H2;1H3/q+1;;;/p-1. The lowest BCUT2D eigenvalue weighted by Gasteiger charge is -2.34. The van der Waals surface area contributed by atoms with E-state index in [0.717, 1.165) is 0 Å². The minimum Gasteiger partial charge on any atom is -0.870 e. The Morgan fingerprint density at radius 3 is 0.833 bits per heavy atom. The zero-order valence-electron chi connectivity index (χ0n) is 9.17. The maximum Gasteiger partial charge on any atom is 0.0757 e. The molecular weight excluding hydrogens is 173 g/mol. The van der Waals surface area contributed by atoms with Crippen molar-refractivity contribution in [1.82, 2.24) is 0 Å². The molecule has 0 saturated heterocycles. The van der Waals surface area contributed by atoms with E-state index < -0.39 is 0 Å². The number of rotatable bonds is 4. The minimum absolute atomic E-state index is 0. The maximum atomic E-state index is 2.27. The van der Waals surface area contributed by atoms with E-state index in [0.29, 0.717) is 0 Å². The second-order valence-electron chi connectivity index (χ2n) is 2.61. The Morgan fingerprint density at radius 1 is 0.667 bits per heavy atom. The molecule has 1 atom stereocenters. The van der Waals surface area contributed by atoms with Gasteiger partial charge in [-0.1, -0.05) is 0 Å². The largest absolute Gasteiger partial charge is 0.870 e. The molecule has 0 fully saturated rings. The van der Waals surface area contributed by atoms with E-state index in [1.54, 1.807) is 0 Å². The van der Waals surface area contributed by atoms with Crippen LogP contribution in [0.1, 0.15) is 27.7 Å². The van der Waals surface area contributed by atoms with Gasteiger partial charge >= 0.3 is 0 Å². The Labute approximate surface area is 80.0 Å². The van der Waals surface area contributed by atoms with Gasteiger partial charge in [0.2, 0.25) is 0 Å². The van der Waals surface area contributed by atoms with Crippen molar-refractivity contribution in [2.24, 2.45) is 0 Å². The predicted molar refractivity (Wildman–Crippen MR) is 58.8 cm³/mol. The molecule has 0 heterocycles. The van der Waals surface area contributed by atoms with Crippen molar-refractivity contribution in [2.45, 2.75) is 27.7 Å². The summed E-state index contributed by atoms with van der Waals surface area (Å²) in [6, 6.07) is 0. The van der Waals surface area contributed by atoms with Crippen LogP contribution in [0.2, 0.25) is 0 Å². The highest BCUT2D eigenvalue weighted by atomic mass is 31.0. The predicted octanol–water partition coefficient (Wildman–Crippen LogP) is 1.32. The van der Waals surface area contributed by atoms with E-state index in [4.69, 9.17) is 0 Å². The fourth-order valence-electron chi connectivity index (χ4n) is 1.34. The van der Waals surface area contributed by atoms with Crippen LogP contribution in [0, 0.1) is 0 Å². The van der Waals surface area contributed by atoms with Crippen molar-refractivity contribution >= 4 is 9.90 Å². The van der Waals surface area contributed by atoms with Crippen LogP contribution in [0.4, 0.5) is 0 Å². The van der Waals surface area contributed by atoms with E-state index in [1.807, 2.05) is 0 Å². The number of quaternary nitrogens is 1. The highest BCUT2D eigenvalue weighted by Crippen LogP contribution is 2.03. The summed E-state index contributed by atoms with van der Waals surface area (Å²) in [5.74, 6) is 0. The van der Waals surface area contributed by atoms with Crippen LogP contribution in [0.25, 0.3) is 0 Å². The number of hydrogen-bond acceptors (Lipinski definition) is 2. The molecule has 0 aliphatic heterocycles. The quantitative estimate of drug-likeness (QED) is 0.506. The van der Waals surface area contributed by atoms with Crippen LogP contribution in [0.15, 0.2) is 0 Å². The van der Waals surface area contributed by atoms with Crippen LogP contribution < -0.4 is 0 Å². The second kappa shape index (κ2) is 11.3. The van der Waals surface area contributed by atoms with Crippen LogP contribution in [0.5, 0.6) is 0 Å². The first kappa shape index (κ1) is 22.8. The van der Waals surface area contributed by atoms with Gasteiger partial charge in [-0.05, 0) is 37.6 Å². The van der Waals surface area contributed by atoms with Gasteiger partial charge in [-0.2, -0.15) is 0 Å². The monoisotopic (exact) mass is 199 g/mol. The molecule has 1 unspecified atom stereocenters. The molecule has 0 rings (SSSR count). The molecule has 0 bridgehead atoms. The molecule has 0 aliphatic carbocycles. The fraction of sp³-hybridized carbons (Fsp3) is 1.00. The lowest BCUT2D eigenvalue weighted by atomic mass is 10.3. The Kier molecular flexibility index (Phi) is 21.5. The third-order valence-electron chi connectivity index (χ3n) is 2.68. The normalized spacial score (nSPS) is 9.00. The molecule has 0 aliphatic rings. The summed E-state index contributed by atoms with van der Waals surface area (Å²) in [5, 5.41) is 0. The van der Waals surface area contributed by atoms with Gasteiger partial charge in [0.05, 0.1) is 26.2 Å². The topological polar surface area (TPSA) is 60.0 Å². The third kappa shape index (κ3) is 5.90. The average molecular weight is 199 g/mol. The van der Waals surface area contributed by atoms with Gasteiger partial charge < -0.3 is 15.4 Å². The lowest BCUT2D eigenvalue weighted by Crippen LogP contribution is -2.47. The second-order valence-corrected chi connectivity index (χ2v) is 2.61. The van der Waals surface area contributed by atoms with Crippen molar-refractivity contribution in [1.29, 1.82) is 0 Å². The molecule has 4 heteroatoms. The van der Waals surface area contributed by atoms with Crippen molar-refractivity contribution < 1.29 is 15.4 Å². The molecule has 0 amide bonds. The highest BCUT2D eigenvalue weighted by molar-refractivity contribution is 6.92. The molecule has 0 aromatic rings. The smallest absolute Gasteiger partial charge is 0.0757 e. The van der Waals surface area contributed by atoms with Gasteiger partial charge in [-0.25, -0.2) is 0 Å². The van der Waals surface area contributed by atoms with E-state index in [-0.39, 0.29) is 20.9 Å². The molecule has 12 heavy (non-hydrogen) atoms. The van der Waals surface area contributed by atoms with Crippen molar-refractivity contribution in [3.8, 4) is 0 Å². The van der Waals surface area contributed by atoms with Gasteiger partial charge in [-0.15, -0.1) is 0 Å². The van der Waals surface area contributed by atoms with Gasteiger partial charge in [0.15, 0.2) is 0 Å². The van der Waals surface area contributed by atoms with Crippen LogP contribution in [0.3, 0.4) is 0 Å². The van der Waals surface area contributed by atoms with Gasteiger partial charge in [0, 0.05) is 0 Å². The molecule has 2 N–H and O–H groups in total. The molecule has 0 spiro atoms. The summed E-state index contributed by atoms with van der Waals surface area (Å²) in [4.78, 5) is 0. The first-order chi connectivity index (χ1) is 4.24. The van der Waals surface area contributed by atoms with Gasteiger partial charge in [0.1, 0.15) is 0 Å². The highest BCUT2D eigenvalue weighted by Gasteiger charge is 2.16. The average Bonchev–Trinajstić information content (AvgIpc) is 1.95. The first-order valence-corrected chi connectivity index (χ1v) is 4.09. The zero-order chi connectivity index (χ0) is 7.33. The van der Waals surface area contributed by atoms with Crippen molar-refractivity contribution in [3.63, 3.8) is 0 Å². The van der Waals surface area contributed by atoms with Gasteiger partial charge in [-0.3, -0.25) is 0 Å². The summed E-state index contributed by atoms with van der Waals surface area (Å²) < 4.78 is 1.28. The molecule has 0 saturated carbocycles. The molecule has 0 radical (unpaired) electrons. The summed E-state index contributed by atoms with van der Waals surface area (Å²) in [7, 11) is 0. The molecule has 0 aromatic carbocycles. The maximum absolute atomic E-state index is 2.27. The van der Waals surface area contributed by atoms with Crippen LogP contribution in [-0.2, 0) is 0 Å². The van der Waals surface area contributed by atoms with Crippen LogP contribution in [-0.4, -0.2) is 41.6 Å².